The van der Waals surface area contributed by atoms with Crippen molar-refractivity contribution in [3.63, 3.8) is 0 Å². The van der Waals surface area contributed by atoms with Gasteiger partial charge in [-0.3, -0.25) is 0 Å². The number of amides is 2. The highest BCUT2D eigenvalue weighted by atomic mass is 79.9. The Balaban J connectivity index is 1.79. The van der Waals surface area contributed by atoms with Gasteiger partial charge in [-0.1, -0.05) is 22.0 Å². The van der Waals surface area contributed by atoms with Crippen LogP contribution in [-0.4, -0.2) is 38.1 Å². The number of nitrogens with zero attached hydrogens (tertiary/aromatic N) is 1. The monoisotopic (exact) mass is 325 g/mol. The summed E-state index contributed by atoms with van der Waals surface area (Å²) in [5, 5.41) is 6.36. The lowest BCUT2D eigenvalue weighted by Crippen LogP contribution is -2.38. The Labute approximate surface area is 122 Å². The van der Waals surface area contributed by atoms with Gasteiger partial charge >= 0.3 is 6.03 Å². The van der Waals surface area contributed by atoms with Crippen molar-refractivity contribution in [3.05, 3.63) is 33.8 Å². The second kappa shape index (κ2) is 6.39. The highest BCUT2D eigenvalue weighted by Crippen LogP contribution is 2.32. The van der Waals surface area contributed by atoms with Crippen molar-refractivity contribution in [2.75, 3.05) is 27.2 Å². The summed E-state index contributed by atoms with van der Waals surface area (Å²) in [6.07, 6.45) is 2.25. The van der Waals surface area contributed by atoms with Crippen LogP contribution >= 0.6 is 15.9 Å². The van der Waals surface area contributed by atoms with Crippen LogP contribution in [0.3, 0.4) is 0 Å². The van der Waals surface area contributed by atoms with Crippen LogP contribution in [0.1, 0.15) is 23.6 Å². The van der Waals surface area contributed by atoms with Gasteiger partial charge in [0, 0.05) is 37.7 Å². The summed E-state index contributed by atoms with van der Waals surface area (Å²) in [5.74, 6) is 0. The third kappa shape index (κ3) is 3.70. The molecule has 1 aliphatic rings. The number of rotatable bonds is 4. The minimum absolute atomic E-state index is 0.0439. The zero-order chi connectivity index (χ0) is 13.8. The molecular formula is C14H20BrN3O. The van der Waals surface area contributed by atoms with Crippen LogP contribution in [0.5, 0.6) is 0 Å². The normalized spacial score (nSPS) is 17.1. The summed E-state index contributed by atoms with van der Waals surface area (Å²) < 4.78 is 1.14. The first kappa shape index (κ1) is 14.3. The van der Waals surface area contributed by atoms with E-state index in [4.69, 9.17) is 0 Å². The number of hydrogen-bond donors (Lipinski definition) is 2. The van der Waals surface area contributed by atoms with Gasteiger partial charge in [0.15, 0.2) is 0 Å². The average Bonchev–Trinajstić information content (AvgIpc) is 2.76. The van der Waals surface area contributed by atoms with Gasteiger partial charge in [0.05, 0.1) is 0 Å². The molecule has 1 aromatic rings. The molecule has 1 aliphatic carbocycles. The van der Waals surface area contributed by atoms with E-state index in [1.165, 1.54) is 11.1 Å². The molecule has 0 bridgehead atoms. The van der Waals surface area contributed by atoms with E-state index in [1.807, 2.05) is 0 Å². The lowest BCUT2D eigenvalue weighted by atomic mass is 10.1. The second-order valence-corrected chi connectivity index (χ2v) is 5.93. The number of carbonyl (C=O) groups is 1. The first-order valence-corrected chi connectivity index (χ1v) is 7.34. The van der Waals surface area contributed by atoms with E-state index in [9.17, 15) is 4.79 Å². The van der Waals surface area contributed by atoms with E-state index in [0.29, 0.717) is 12.6 Å². The molecule has 0 saturated carbocycles. The molecule has 2 rings (SSSR count). The molecule has 0 heterocycles. The van der Waals surface area contributed by atoms with E-state index in [-0.39, 0.29) is 6.03 Å². The zero-order valence-electron chi connectivity index (χ0n) is 11.4. The van der Waals surface area contributed by atoms with Crippen molar-refractivity contribution in [1.29, 1.82) is 0 Å². The van der Waals surface area contributed by atoms with Crippen LogP contribution in [0.2, 0.25) is 0 Å². The van der Waals surface area contributed by atoms with Crippen molar-refractivity contribution in [2.45, 2.75) is 18.9 Å². The van der Waals surface area contributed by atoms with E-state index in [1.54, 1.807) is 19.0 Å². The minimum Gasteiger partial charge on any atom is -0.337 e. The lowest BCUT2D eigenvalue weighted by molar-refractivity contribution is 0.217. The number of carbonyl (C=O) groups excluding carboxylic acids is 1. The Morgan fingerprint density at radius 3 is 2.95 bits per heavy atom. The number of nitrogens with one attached hydrogen (secondary N) is 2. The number of aryl methyl sites for hydroxylation is 1. The number of benzene rings is 1. The van der Waals surface area contributed by atoms with Crippen LogP contribution in [0.4, 0.5) is 4.79 Å². The van der Waals surface area contributed by atoms with Gasteiger partial charge in [-0.25, -0.2) is 4.79 Å². The summed E-state index contributed by atoms with van der Waals surface area (Å²) in [7, 11) is 3.49. The predicted molar refractivity (Wildman–Crippen MR) is 80.3 cm³/mol. The van der Waals surface area contributed by atoms with Gasteiger partial charge in [0.25, 0.3) is 0 Å². The molecule has 1 unspecified atom stereocenters. The molecule has 5 heteroatoms. The molecule has 1 aromatic carbocycles. The third-order valence-electron chi connectivity index (χ3n) is 3.38. The highest BCUT2D eigenvalue weighted by molar-refractivity contribution is 9.10. The maximum absolute atomic E-state index is 11.4. The molecule has 0 radical (unpaired) electrons. The van der Waals surface area contributed by atoms with Crippen LogP contribution in [0.15, 0.2) is 22.7 Å². The average molecular weight is 326 g/mol. The fourth-order valence-electron chi connectivity index (χ4n) is 2.37. The Hall–Kier alpha value is -1.07. The highest BCUT2D eigenvalue weighted by Gasteiger charge is 2.21. The molecule has 2 N–H and O–H groups in total. The first-order valence-electron chi connectivity index (χ1n) is 6.55. The molecule has 0 spiro atoms. The zero-order valence-corrected chi connectivity index (χ0v) is 13.0. The maximum Gasteiger partial charge on any atom is 0.316 e. The van der Waals surface area contributed by atoms with Gasteiger partial charge < -0.3 is 15.5 Å². The molecule has 19 heavy (non-hydrogen) atoms. The minimum atomic E-state index is -0.0439. The molecule has 1 atom stereocenters. The van der Waals surface area contributed by atoms with Crippen molar-refractivity contribution < 1.29 is 4.79 Å². The van der Waals surface area contributed by atoms with Gasteiger partial charge in [-0.15, -0.1) is 0 Å². The number of fused-ring (bicyclic) bond motifs is 1. The van der Waals surface area contributed by atoms with E-state index >= 15 is 0 Å². The van der Waals surface area contributed by atoms with Crippen LogP contribution in [0, 0.1) is 0 Å². The Morgan fingerprint density at radius 2 is 2.21 bits per heavy atom. The fraction of sp³-hybridized carbons (Fsp3) is 0.500. The van der Waals surface area contributed by atoms with Crippen molar-refractivity contribution in [3.8, 4) is 0 Å². The summed E-state index contributed by atoms with van der Waals surface area (Å²) in [4.78, 5) is 12.9. The van der Waals surface area contributed by atoms with Crippen molar-refractivity contribution in [1.82, 2.24) is 15.5 Å². The molecular weight excluding hydrogens is 306 g/mol. The topological polar surface area (TPSA) is 44.4 Å². The molecule has 4 nitrogen and oxygen atoms in total. The van der Waals surface area contributed by atoms with Gasteiger partial charge in [-0.05, 0) is 36.1 Å². The standard InChI is InChI=1S/C14H20BrN3O/c1-18(2)14(19)17-8-7-16-13-6-3-10-9-11(15)4-5-12(10)13/h4-5,9,13,16H,3,6-8H2,1-2H3,(H,17,19). The molecule has 104 valence electrons. The quantitative estimate of drug-likeness (QED) is 0.834. The van der Waals surface area contributed by atoms with E-state index < -0.39 is 0 Å². The summed E-state index contributed by atoms with van der Waals surface area (Å²) in [6.45, 7) is 1.44. The SMILES string of the molecule is CN(C)C(=O)NCCNC1CCc2cc(Br)ccc21. The van der Waals surface area contributed by atoms with Gasteiger partial charge in [0.1, 0.15) is 0 Å². The Kier molecular flexibility index (Phi) is 4.82. The number of halogens is 1. The lowest BCUT2D eigenvalue weighted by Gasteiger charge is -2.16. The van der Waals surface area contributed by atoms with Crippen molar-refractivity contribution >= 4 is 22.0 Å². The maximum atomic E-state index is 11.4. The summed E-state index contributed by atoms with van der Waals surface area (Å²) in [5.41, 5.74) is 2.81. The van der Waals surface area contributed by atoms with Crippen LogP contribution in [-0.2, 0) is 6.42 Å². The molecule has 0 fully saturated rings. The van der Waals surface area contributed by atoms with E-state index in [0.717, 1.165) is 23.9 Å². The van der Waals surface area contributed by atoms with Crippen LogP contribution < -0.4 is 10.6 Å². The number of hydrogen-bond acceptors (Lipinski definition) is 2. The summed E-state index contributed by atoms with van der Waals surface area (Å²) >= 11 is 3.51. The Bertz CT molecular complexity index is 462. The van der Waals surface area contributed by atoms with E-state index in [2.05, 4.69) is 44.8 Å². The predicted octanol–water partition coefficient (Wildman–Crippen LogP) is 2.30. The molecule has 2 amide bonds. The fourth-order valence-corrected chi connectivity index (χ4v) is 2.78. The smallest absolute Gasteiger partial charge is 0.316 e. The van der Waals surface area contributed by atoms with Crippen LogP contribution in [0.25, 0.3) is 0 Å². The Morgan fingerprint density at radius 1 is 1.42 bits per heavy atom. The van der Waals surface area contributed by atoms with Crippen molar-refractivity contribution in [2.24, 2.45) is 0 Å². The molecule has 0 aliphatic heterocycles. The van der Waals surface area contributed by atoms with Gasteiger partial charge in [0.2, 0.25) is 0 Å². The third-order valence-corrected chi connectivity index (χ3v) is 3.87. The number of urea groups is 1. The molecule has 0 saturated heterocycles. The summed E-state index contributed by atoms with van der Waals surface area (Å²) in [6, 6.07) is 6.84. The second-order valence-electron chi connectivity index (χ2n) is 5.01. The molecule has 0 aromatic heterocycles. The largest absolute Gasteiger partial charge is 0.337 e. The first-order chi connectivity index (χ1) is 9.08. The van der Waals surface area contributed by atoms with Gasteiger partial charge in [-0.2, -0.15) is 0 Å².